The van der Waals surface area contributed by atoms with Crippen LogP contribution in [-0.4, -0.2) is 16.2 Å². The Morgan fingerprint density at radius 1 is 0.510 bits per heavy atom. The molecular formula is C44H31N5. The van der Waals surface area contributed by atoms with Crippen LogP contribution >= 0.6 is 0 Å². The molecule has 0 saturated heterocycles. The Morgan fingerprint density at radius 3 is 1.92 bits per heavy atom. The number of nitrogens with zero attached hydrogens (tertiary/aromatic N) is 3. The van der Waals surface area contributed by atoms with E-state index >= 15 is 0 Å². The van der Waals surface area contributed by atoms with E-state index in [1.165, 1.54) is 16.7 Å². The van der Waals surface area contributed by atoms with E-state index in [0.717, 1.165) is 55.7 Å². The van der Waals surface area contributed by atoms with Crippen LogP contribution in [0.3, 0.4) is 0 Å². The Balaban J connectivity index is 1.36. The molecule has 2 heterocycles. The number of para-hydroxylation sites is 3. The van der Waals surface area contributed by atoms with Gasteiger partial charge in [0.15, 0.2) is 5.84 Å². The number of anilines is 3. The lowest BCUT2D eigenvalue weighted by molar-refractivity contribution is 1.16. The number of nitrogens with one attached hydrogen (secondary N) is 1. The van der Waals surface area contributed by atoms with Crippen molar-refractivity contribution in [3.05, 3.63) is 181 Å². The fourth-order valence-electron chi connectivity index (χ4n) is 7.22. The Bertz CT molecular complexity index is 2580. The summed E-state index contributed by atoms with van der Waals surface area (Å²) < 4.78 is 2.34. The largest absolute Gasteiger partial charge is 0.383 e. The van der Waals surface area contributed by atoms with Crippen LogP contribution in [-0.2, 0) is 0 Å². The second-order valence-corrected chi connectivity index (χ2v) is 12.2. The van der Waals surface area contributed by atoms with Gasteiger partial charge in [0, 0.05) is 44.4 Å². The van der Waals surface area contributed by atoms with E-state index in [1.807, 2.05) is 48.5 Å². The summed E-state index contributed by atoms with van der Waals surface area (Å²) >= 11 is 0. The van der Waals surface area contributed by atoms with E-state index in [-0.39, 0.29) is 5.84 Å². The first-order valence-corrected chi connectivity index (χ1v) is 16.4. The number of rotatable bonds is 4. The van der Waals surface area contributed by atoms with Crippen LogP contribution in [0.1, 0.15) is 11.1 Å². The van der Waals surface area contributed by atoms with Gasteiger partial charge in [-0.2, -0.15) is 0 Å². The van der Waals surface area contributed by atoms with Crippen LogP contribution in [0, 0.1) is 5.41 Å². The number of hydrogen-bond donors (Lipinski definition) is 2. The molecule has 0 aliphatic carbocycles. The molecule has 3 N–H and O–H groups in total. The van der Waals surface area contributed by atoms with Crippen molar-refractivity contribution in [2.45, 2.75) is 0 Å². The van der Waals surface area contributed by atoms with Crippen molar-refractivity contribution in [2.24, 2.45) is 10.7 Å². The van der Waals surface area contributed by atoms with Gasteiger partial charge in [0.2, 0.25) is 0 Å². The molecule has 7 aromatic carbocycles. The van der Waals surface area contributed by atoms with Crippen molar-refractivity contribution in [3.63, 3.8) is 0 Å². The third-order valence-corrected chi connectivity index (χ3v) is 9.38. The topological polar surface area (TPSA) is 70.4 Å². The minimum Gasteiger partial charge on any atom is -0.383 e. The van der Waals surface area contributed by atoms with Crippen molar-refractivity contribution in [1.82, 2.24) is 4.57 Å². The SMILES string of the molecule is N=C(N=C(N)c1ccccc1)c1cccc(-n2c3ccccc3c3ccc4c(c32)N(c2ccccc2)c2ccccc2-c2ccccc2-4)c1. The van der Waals surface area contributed by atoms with Gasteiger partial charge in [-0.05, 0) is 47.5 Å². The molecule has 0 fully saturated rings. The van der Waals surface area contributed by atoms with E-state index < -0.39 is 0 Å². The monoisotopic (exact) mass is 629 g/mol. The highest BCUT2D eigenvalue weighted by Crippen LogP contribution is 2.54. The van der Waals surface area contributed by atoms with Crippen molar-refractivity contribution >= 4 is 50.5 Å². The first-order chi connectivity index (χ1) is 24.2. The zero-order chi connectivity index (χ0) is 32.9. The van der Waals surface area contributed by atoms with Gasteiger partial charge in [-0.25, -0.2) is 4.99 Å². The number of hydrogen-bond acceptors (Lipinski definition) is 2. The number of nitrogens with two attached hydrogens (primary N) is 1. The second-order valence-electron chi connectivity index (χ2n) is 12.2. The van der Waals surface area contributed by atoms with Gasteiger partial charge in [-0.15, -0.1) is 0 Å². The minimum absolute atomic E-state index is 0.108. The molecule has 232 valence electrons. The molecule has 5 nitrogen and oxygen atoms in total. The van der Waals surface area contributed by atoms with Crippen LogP contribution in [0.5, 0.6) is 0 Å². The Kier molecular flexibility index (Phi) is 6.69. The maximum Gasteiger partial charge on any atom is 0.154 e. The molecule has 5 heteroatoms. The van der Waals surface area contributed by atoms with Gasteiger partial charge in [-0.1, -0.05) is 133 Å². The lowest BCUT2D eigenvalue weighted by atomic mass is 9.94. The molecule has 1 aliphatic heterocycles. The van der Waals surface area contributed by atoms with Crippen molar-refractivity contribution in [2.75, 3.05) is 4.90 Å². The molecule has 0 bridgehead atoms. The summed E-state index contributed by atoms with van der Waals surface area (Å²) in [5.74, 6) is 0.422. The summed E-state index contributed by atoms with van der Waals surface area (Å²) in [7, 11) is 0. The second kappa shape index (κ2) is 11.5. The zero-order valence-corrected chi connectivity index (χ0v) is 26.6. The highest BCUT2D eigenvalue weighted by atomic mass is 15.2. The molecule has 1 aliphatic rings. The van der Waals surface area contributed by atoms with Gasteiger partial charge in [0.1, 0.15) is 5.84 Å². The van der Waals surface area contributed by atoms with Crippen molar-refractivity contribution in [3.8, 4) is 27.9 Å². The lowest BCUT2D eigenvalue weighted by Gasteiger charge is -2.28. The molecule has 0 radical (unpaired) electrons. The Morgan fingerprint density at radius 2 is 1.12 bits per heavy atom. The third kappa shape index (κ3) is 4.63. The summed E-state index contributed by atoms with van der Waals surface area (Å²) in [6, 6.07) is 58.8. The maximum atomic E-state index is 8.96. The predicted molar refractivity (Wildman–Crippen MR) is 204 cm³/mol. The number of aromatic nitrogens is 1. The number of amidine groups is 2. The maximum absolute atomic E-state index is 8.96. The molecule has 0 unspecified atom stereocenters. The van der Waals surface area contributed by atoms with E-state index in [9.17, 15) is 0 Å². The van der Waals surface area contributed by atoms with Crippen LogP contribution in [0.15, 0.2) is 175 Å². The van der Waals surface area contributed by atoms with Crippen LogP contribution in [0.4, 0.5) is 17.1 Å². The highest BCUT2D eigenvalue weighted by Gasteiger charge is 2.30. The van der Waals surface area contributed by atoms with E-state index in [1.54, 1.807) is 0 Å². The average molecular weight is 630 g/mol. The fraction of sp³-hybridized carbons (Fsp3) is 0. The number of benzene rings is 7. The predicted octanol–water partition coefficient (Wildman–Crippen LogP) is 10.6. The quantitative estimate of drug-likeness (QED) is 0.150. The Labute approximate surface area is 284 Å². The van der Waals surface area contributed by atoms with Crippen LogP contribution in [0.2, 0.25) is 0 Å². The normalized spacial score (nSPS) is 12.3. The summed E-state index contributed by atoms with van der Waals surface area (Å²) in [5.41, 5.74) is 18.9. The van der Waals surface area contributed by atoms with Crippen molar-refractivity contribution in [1.29, 1.82) is 5.41 Å². The molecule has 9 rings (SSSR count). The first kappa shape index (κ1) is 28.5. The lowest BCUT2D eigenvalue weighted by Crippen LogP contribution is -2.16. The average Bonchev–Trinajstić information content (AvgIpc) is 3.44. The molecular weight excluding hydrogens is 599 g/mol. The van der Waals surface area contributed by atoms with E-state index in [2.05, 4.69) is 136 Å². The van der Waals surface area contributed by atoms with E-state index in [0.29, 0.717) is 11.4 Å². The van der Waals surface area contributed by atoms with Crippen LogP contribution < -0.4 is 10.6 Å². The number of fused-ring (bicyclic) bond motifs is 9. The standard InChI is InChI=1S/C44H31N5/c45-43(29-14-3-1-4-15-29)47-44(46)30-16-13-19-32(28-30)49-40-25-12-10-23-36(40)38-27-26-37-34-21-8-7-20-33(34)35-22-9-11-24-39(35)48(41(37)42(38)49)31-17-5-2-6-18-31/h1-28H,(H3,45,46,47). The summed E-state index contributed by atoms with van der Waals surface area (Å²) in [6.07, 6.45) is 0. The van der Waals surface area contributed by atoms with Crippen LogP contribution in [0.25, 0.3) is 49.7 Å². The van der Waals surface area contributed by atoms with Crippen molar-refractivity contribution < 1.29 is 0 Å². The Hall–Kier alpha value is -6.72. The van der Waals surface area contributed by atoms with Gasteiger partial charge in [-0.3, -0.25) is 5.41 Å². The van der Waals surface area contributed by atoms with Gasteiger partial charge >= 0.3 is 0 Å². The molecule has 0 amide bonds. The summed E-state index contributed by atoms with van der Waals surface area (Å²) in [6.45, 7) is 0. The summed E-state index contributed by atoms with van der Waals surface area (Å²) in [5, 5.41) is 11.3. The fourth-order valence-corrected chi connectivity index (χ4v) is 7.22. The van der Waals surface area contributed by atoms with E-state index in [4.69, 9.17) is 11.1 Å². The minimum atomic E-state index is 0.108. The highest BCUT2D eigenvalue weighted by molar-refractivity contribution is 6.19. The molecule has 0 atom stereocenters. The third-order valence-electron chi connectivity index (χ3n) is 9.38. The molecule has 49 heavy (non-hydrogen) atoms. The molecule has 0 saturated carbocycles. The number of aliphatic imine (C=N–C) groups is 1. The first-order valence-electron chi connectivity index (χ1n) is 16.4. The smallest absolute Gasteiger partial charge is 0.154 e. The van der Waals surface area contributed by atoms with Gasteiger partial charge in [0.25, 0.3) is 0 Å². The molecule has 0 spiro atoms. The van der Waals surface area contributed by atoms with Gasteiger partial charge < -0.3 is 15.2 Å². The summed E-state index contributed by atoms with van der Waals surface area (Å²) in [4.78, 5) is 6.92. The molecule has 1 aromatic heterocycles. The zero-order valence-electron chi connectivity index (χ0n) is 26.6. The van der Waals surface area contributed by atoms with Gasteiger partial charge in [0.05, 0.1) is 22.4 Å². The molecule has 8 aromatic rings.